The van der Waals surface area contributed by atoms with Gasteiger partial charge in [-0.3, -0.25) is 10.2 Å². The van der Waals surface area contributed by atoms with Crippen LogP contribution in [0.5, 0.6) is 0 Å². The molecule has 0 unspecified atom stereocenters. The first kappa shape index (κ1) is 21.4. The lowest BCUT2D eigenvalue weighted by Gasteiger charge is -2.42. The van der Waals surface area contributed by atoms with Crippen molar-refractivity contribution in [1.29, 1.82) is 0 Å². The van der Waals surface area contributed by atoms with Crippen LogP contribution < -0.4 is 16.6 Å². The number of nitrogens with zero attached hydrogens (tertiary/aromatic N) is 2. The summed E-state index contributed by atoms with van der Waals surface area (Å²) in [5.74, 6) is 0.152. The Morgan fingerprint density at radius 2 is 2.03 bits per heavy atom. The maximum absolute atomic E-state index is 13.7. The predicted molar refractivity (Wildman–Crippen MR) is 114 cm³/mol. The van der Waals surface area contributed by atoms with E-state index < -0.39 is 12.7 Å². The van der Waals surface area contributed by atoms with E-state index >= 15 is 0 Å². The van der Waals surface area contributed by atoms with Crippen LogP contribution in [0, 0.1) is 0 Å². The smallest absolute Gasteiger partial charge is 0.388 e. The van der Waals surface area contributed by atoms with Crippen LogP contribution in [0.4, 0.5) is 14.6 Å². The number of carbonyl (C=O) groups excluding carboxylic acids is 1. The van der Waals surface area contributed by atoms with Crippen molar-refractivity contribution >= 4 is 22.6 Å². The molecular formula is C22H23F2N5O4. The summed E-state index contributed by atoms with van der Waals surface area (Å²) in [7, 11) is 0. The molecule has 1 fully saturated rings. The zero-order valence-corrected chi connectivity index (χ0v) is 17.8. The number of amides is 1. The van der Waals surface area contributed by atoms with Crippen LogP contribution in [0.25, 0.3) is 10.9 Å². The maximum atomic E-state index is 13.7. The van der Waals surface area contributed by atoms with Gasteiger partial charge in [0.2, 0.25) is 5.88 Å². The van der Waals surface area contributed by atoms with Gasteiger partial charge in [0, 0.05) is 22.6 Å². The first-order valence-corrected chi connectivity index (χ1v) is 10.5. The first-order valence-electron chi connectivity index (χ1n) is 10.5. The number of pyridine rings is 1. The number of aromatic nitrogens is 1. The molecule has 0 radical (unpaired) electrons. The number of nitrogens with one attached hydrogen (secondary N) is 2. The Bertz CT molecular complexity index is 1170. The van der Waals surface area contributed by atoms with Crippen molar-refractivity contribution in [3.8, 4) is 0 Å². The van der Waals surface area contributed by atoms with Crippen molar-refractivity contribution in [1.82, 2.24) is 20.7 Å². The molecule has 9 nitrogen and oxygen atoms in total. The molecule has 3 aliphatic heterocycles. The fourth-order valence-corrected chi connectivity index (χ4v) is 4.39. The number of allylic oxidation sites excluding steroid dienone is 2. The monoisotopic (exact) mass is 459 g/mol. The van der Waals surface area contributed by atoms with Crippen LogP contribution >= 0.6 is 0 Å². The molecule has 1 saturated heterocycles. The molecule has 0 spiro atoms. The van der Waals surface area contributed by atoms with Crippen LogP contribution in [-0.4, -0.2) is 47.7 Å². The third kappa shape index (κ3) is 3.93. The summed E-state index contributed by atoms with van der Waals surface area (Å²) in [5.41, 5.74) is 15.1. The number of morpholine rings is 1. The molecule has 4 heterocycles. The van der Waals surface area contributed by atoms with Gasteiger partial charge in [0.15, 0.2) is 0 Å². The van der Waals surface area contributed by atoms with Crippen LogP contribution in [0.2, 0.25) is 0 Å². The van der Waals surface area contributed by atoms with Gasteiger partial charge in [-0.25, -0.2) is 4.98 Å². The molecule has 1 amide bonds. The summed E-state index contributed by atoms with van der Waals surface area (Å²) >= 11 is 0. The molecule has 5 rings (SSSR count). The van der Waals surface area contributed by atoms with E-state index in [1.807, 2.05) is 13.0 Å². The van der Waals surface area contributed by atoms with Crippen molar-refractivity contribution in [2.24, 2.45) is 0 Å². The third-order valence-corrected chi connectivity index (χ3v) is 5.98. The second kappa shape index (κ2) is 8.49. The van der Waals surface area contributed by atoms with E-state index in [0.29, 0.717) is 42.4 Å². The molecule has 3 aliphatic rings. The number of nitrogens with two attached hydrogens (primary N) is 1. The van der Waals surface area contributed by atoms with Crippen LogP contribution in [0.3, 0.4) is 0 Å². The van der Waals surface area contributed by atoms with E-state index in [1.54, 1.807) is 23.1 Å². The van der Waals surface area contributed by atoms with Gasteiger partial charge in [0.25, 0.3) is 5.91 Å². The molecule has 174 valence electrons. The molecule has 0 saturated carbocycles. The van der Waals surface area contributed by atoms with Crippen molar-refractivity contribution in [3.63, 3.8) is 0 Å². The van der Waals surface area contributed by atoms with Crippen LogP contribution in [-0.2, 0) is 27.4 Å². The van der Waals surface area contributed by atoms with E-state index in [4.69, 9.17) is 15.2 Å². The number of hydrazine groups is 1. The minimum absolute atomic E-state index is 0.117. The number of nitrogen functional groups attached to an aromatic ring is 1. The highest BCUT2D eigenvalue weighted by Gasteiger charge is 2.36. The van der Waals surface area contributed by atoms with Crippen LogP contribution in [0.1, 0.15) is 28.4 Å². The number of fused-ring (bicyclic) bond motifs is 3. The number of hydrogen-bond acceptors (Lipinski definition) is 8. The molecule has 0 aliphatic carbocycles. The van der Waals surface area contributed by atoms with Crippen molar-refractivity contribution in [2.75, 3.05) is 18.9 Å². The molecule has 0 bridgehead atoms. The number of carbonyl (C=O) groups is 1. The normalized spacial score (nSPS) is 22.4. The standard InChI is InChI=1S/C22H23F2N5O4/c1-11-7-31-10-18(17-4-5-19(28-27-17)33-22(23)24)29(11)21(30)12-2-3-16-13(6-12)14-8-32-9-15(14)20(25)26-16/h2-6,11,18,22,27-28H,7-10H2,1H3,(H2,25,26)/t11-,18-/m1/s1. The summed E-state index contributed by atoms with van der Waals surface area (Å²) in [6.07, 6.45) is 2.98. The second-order valence-corrected chi connectivity index (χ2v) is 8.08. The third-order valence-electron chi connectivity index (χ3n) is 5.98. The molecule has 2 atom stereocenters. The lowest BCUT2D eigenvalue weighted by atomic mass is 10.0. The zero-order chi connectivity index (χ0) is 23.1. The van der Waals surface area contributed by atoms with Crippen LogP contribution in [0.15, 0.2) is 41.9 Å². The molecule has 2 aromatic rings. The van der Waals surface area contributed by atoms with E-state index in [-0.39, 0.29) is 24.4 Å². The van der Waals surface area contributed by atoms with Gasteiger partial charge in [-0.1, -0.05) is 0 Å². The Hall–Kier alpha value is -3.44. The van der Waals surface area contributed by atoms with Gasteiger partial charge in [-0.05, 0) is 36.8 Å². The topological polar surface area (TPSA) is 111 Å². The van der Waals surface area contributed by atoms with Crippen molar-refractivity contribution in [2.45, 2.75) is 38.8 Å². The number of rotatable bonds is 4. The molecular weight excluding hydrogens is 436 g/mol. The van der Waals surface area contributed by atoms with Crippen molar-refractivity contribution in [3.05, 3.63) is 58.6 Å². The van der Waals surface area contributed by atoms with Gasteiger partial charge in [-0.2, -0.15) is 8.78 Å². The lowest BCUT2D eigenvalue weighted by Crippen LogP contribution is -2.57. The summed E-state index contributed by atoms with van der Waals surface area (Å²) in [5, 5.41) is 0.841. The average molecular weight is 459 g/mol. The fourth-order valence-electron chi connectivity index (χ4n) is 4.39. The van der Waals surface area contributed by atoms with E-state index in [1.165, 1.54) is 6.08 Å². The van der Waals surface area contributed by atoms with Gasteiger partial charge in [-0.15, -0.1) is 0 Å². The molecule has 1 aromatic heterocycles. The zero-order valence-electron chi connectivity index (χ0n) is 17.8. The average Bonchev–Trinajstić information content (AvgIpc) is 3.30. The van der Waals surface area contributed by atoms with E-state index in [0.717, 1.165) is 16.5 Å². The largest absolute Gasteiger partial charge is 0.418 e. The highest BCUT2D eigenvalue weighted by molar-refractivity contribution is 5.99. The van der Waals surface area contributed by atoms with Gasteiger partial charge < -0.3 is 30.3 Å². The second-order valence-electron chi connectivity index (χ2n) is 8.08. The minimum Gasteiger partial charge on any atom is -0.418 e. The van der Waals surface area contributed by atoms with E-state index in [2.05, 4.69) is 20.6 Å². The minimum atomic E-state index is -2.94. The quantitative estimate of drug-likeness (QED) is 0.638. The predicted octanol–water partition coefficient (Wildman–Crippen LogP) is 2.15. The molecule has 11 heteroatoms. The van der Waals surface area contributed by atoms with E-state index in [9.17, 15) is 13.6 Å². The highest BCUT2D eigenvalue weighted by Crippen LogP contribution is 2.32. The summed E-state index contributed by atoms with van der Waals surface area (Å²) in [6, 6.07) is 4.68. The number of halogens is 2. The summed E-state index contributed by atoms with van der Waals surface area (Å²) in [6.45, 7) is 0.420. The number of anilines is 1. The first-order chi connectivity index (χ1) is 15.9. The Balaban J connectivity index is 1.47. The highest BCUT2D eigenvalue weighted by atomic mass is 19.3. The Morgan fingerprint density at radius 1 is 1.21 bits per heavy atom. The number of alkyl halides is 2. The maximum Gasteiger partial charge on any atom is 0.388 e. The molecule has 33 heavy (non-hydrogen) atoms. The van der Waals surface area contributed by atoms with Gasteiger partial charge in [0.1, 0.15) is 5.82 Å². The molecule has 1 aromatic carbocycles. The van der Waals surface area contributed by atoms with Gasteiger partial charge in [0.05, 0.1) is 49.7 Å². The Kier molecular flexibility index (Phi) is 5.51. The SMILES string of the molecule is C[C@@H]1COC[C@H](C2=CC=C(OC(F)F)NN2)N1C(=O)c1ccc2nc(N)c3c(c2c1)COC3. The lowest BCUT2D eigenvalue weighted by molar-refractivity contribution is -0.103. The number of hydrogen-bond donors (Lipinski definition) is 3. The fraction of sp³-hybridized carbons (Fsp3) is 0.364. The summed E-state index contributed by atoms with van der Waals surface area (Å²) in [4.78, 5) is 19.8. The number of benzene rings is 1. The Morgan fingerprint density at radius 3 is 2.79 bits per heavy atom. The van der Waals surface area contributed by atoms with Crippen molar-refractivity contribution < 1.29 is 27.8 Å². The molecule has 4 N–H and O–H groups in total. The number of ether oxygens (including phenoxy) is 3. The van der Waals surface area contributed by atoms with Gasteiger partial charge >= 0.3 is 6.61 Å². The summed E-state index contributed by atoms with van der Waals surface area (Å²) < 4.78 is 40.5. The Labute approximate surface area is 188 Å².